The van der Waals surface area contributed by atoms with Gasteiger partial charge in [-0.25, -0.2) is 0 Å². The Labute approximate surface area is 89.5 Å². The number of nitrogens with zero attached hydrogens (tertiary/aromatic N) is 1. The van der Waals surface area contributed by atoms with Gasteiger partial charge in [-0.1, -0.05) is 0 Å². The van der Waals surface area contributed by atoms with Gasteiger partial charge in [0, 0.05) is 6.20 Å². The highest BCUT2D eigenvalue weighted by molar-refractivity contribution is 9.10. The Kier molecular flexibility index (Phi) is 2.54. The van der Waals surface area contributed by atoms with Crippen LogP contribution >= 0.6 is 15.9 Å². The first kappa shape index (κ1) is 9.27. The fraction of sp³-hybridized carbons (Fsp3) is 0.100. The SMILES string of the molecule is O=Cc1cccn1Cc1ccc(Br)o1. The van der Waals surface area contributed by atoms with Gasteiger partial charge in [0.1, 0.15) is 5.76 Å². The Morgan fingerprint density at radius 2 is 2.29 bits per heavy atom. The van der Waals surface area contributed by atoms with Crippen molar-refractivity contribution in [2.75, 3.05) is 0 Å². The van der Waals surface area contributed by atoms with Crippen molar-refractivity contribution < 1.29 is 9.21 Å². The van der Waals surface area contributed by atoms with Gasteiger partial charge in [0.2, 0.25) is 0 Å². The van der Waals surface area contributed by atoms with E-state index in [9.17, 15) is 4.79 Å². The molecular formula is C10H8BrNO2. The van der Waals surface area contributed by atoms with Crippen LogP contribution in [0.25, 0.3) is 0 Å². The molecule has 2 heterocycles. The van der Waals surface area contributed by atoms with Crippen LogP contribution in [0.15, 0.2) is 39.5 Å². The van der Waals surface area contributed by atoms with Crippen molar-refractivity contribution in [1.29, 1.82) is 0 Å². The van der Waals surface area contributed by atoms with Gasteiger partial charge in [0.15, 0.2) is 11.0 Å². The molecule has 0 spiro atoms. The Bertz CT molecular complexity index is 444. The molecule has 0 saturated heterocycles. The molecule has 0 atom stereocenters. The fourth-order valence-corrected chi connectivity index (χ4v) is 1.62. The van der Waals surface area contributed by atoms with Crippen LogP contribution in [0, 0.1) is 0 Å². The van der Waals surface area contributed by atoms with Crippen LogP contribution in [-0.2, 0) is 6.54 Å². The van der Waals surface area contributed by atoms with Gasteiger partial charge < -0.3 is 8.98 Å². The van der Waals surface area contributed by atoms with E-state index < -0.39 is 0 Å². The quantitative estimate of drug-likeness (QED) is 0.789. The summed E-state index contributed by atoms with van der Waals surface area (Å²) in [7, 11) is 0. The van der Waals surface area contributed by atoms with Crippen LogP contribution in [0.4, 0.5) is 0 Å². The molecular weight excluding hydrogens is 246 g/mol. The minimum absolute atomic E-state index is 0.576. The third-order valence-electron chi connectivity index (χ3n) is 1.94. The van der Waals surface area contributed by atoms with E-state index in [4.69, 9.17) is 4.42 Å². The summed E-state index contributed by atoms with van der Waals surface area (Å²) in [5.74, 6) is 0.816. The van der Waals surface area contributed by atoms with E-state index in [2.05, 4.69) is 15.9 Å². The molecule has 0 saturated carbocycles. The van der Waals surface area contributed by atoms with E-state index in [-0.39, 0.29) is 0 Å². The second-order valence-corrected chi connectivity index (χ2v) is 3.67. The van der Waals surface area contributed by atoms with E-state index >= 15 is 0 Å². The van der Waals surface area contributed by atoms with Gasteiger partial charge in [-0.05, 0) is 40.2 Å². The van der Waals surface area contributed by atoms with E-state index in [1.807, 2.05) is 29.0 Å². The van der Waals surface area contributed by atoms with Gasteiger partial charge in [-0.3, -0.25) is 4.79 Å². The highest BCUT2D eigenvalue weighted by Crippen LogP contribution is 2.15. The van der Waals surface area contributed by atoms with Crippen LogP contribution in [0.2, 0.25) is 0 Å². The highest BCUT2D eigenvalue weighted by Gasteiger charge is 2.03. The van der Waals surface area contributed by atoms with Crippen LogP contribution < -0.4 is 0 Å². The molecule has 0 unspecified atom stereocenters. The lowest BCUT2D eigenvalue weighted by Crippen LogP contribution is -2.00. The number of halogens is 1. The predicted molar refractivity (Wildman–Crippen MR) is 55.3 cm³/mol. The standard InChI is InChI=1S/C10H8BrNO2/c11-10-4-3-9(14-10)6-12-5-1-2-8(12)7-13/h1-5,7H,6H2. The Morgan fingerprint density at radius 3 is 2.93 bits per heavy atom. The minimum Gasteiger partial charge on any atom is -0.452 e. The van der Waals surface area contributed by atoms with Gasteiger partial charge >= 0.3 is 0 Å². The summed E-state index contributed by atoms with van der Waals surface area (Å²) in [6.45, 7) is 0.576. The molecule has 4 heteroatoms. The molecule has 2 aromatic heterocycles. The first-order valence-corrected chi connectivity index (χ1v) is 4.93. The Hall–Kier alpha value is -1.29. The third-order valence-corrected chi connectivity index (χ3v) is 2.37. The van der Waals surface area contributed by atoms with Crippen LogP contribution in [0.1, 0.15) is 16.2 Å². The lowest BCUT2D eigenvalue weighted by atomic mass is 10.4. The Morgan fingerprint density at radius 1 is 1.43 bits per heavy atom. The summed E-state index contributed by atoms with van der Waals surface area (Å²) in [6, 6.07) is 7.31. The van der Waals surface area contributed by atoms with Gasteiger partial charge in [-0.2, -0.15) is 0 Å². The molecule has 0 aliphatic rings. The van der Waals surface area contributed by atoms with Gasteiger partial charge in [-0.15, -0.1) is 0 Å². The lowest BCUT2D eigenvalue weighted by molar-refractivity contribution is 0.111. The molecule has 0 fully saturated rings. The van der Waals surface area contributed by atoms with E-state index in [1.165, 1.54) is 0 Å². The number of aldehydes is 1. The molecule has 0 radical (unpaired) electrons. The summed E-state index contributed by atoms with van der Waals surface area (Å²) in [5, 5.41) is 0. The number of furan rings is 1. The predicted octanol–water partition coefficient (Wildman–Crippen LogP) is 2.70. The van der Waals surface area contributed by atoms with E-state index in [0.29, 0.717) is 16.9 Å². The molecule has 3 nitrogen and oxygen atoms in total. The summed E-state index contributed by atoms with van der Waals surface area (Å²) in [5.41, 5.74) is 0.650. The molecule has 0 aliphatic heterocycles. The number of hydrogen-bond acceptors (Lipinski definition) is 2. The largest absolute Gasteiger partial charge is 0.452 e. The van der Waals surface area contributed by atoms with Crippen molar-refractivity contribution in [3.8, 4) is 0 Å². The van der Waals surface area contributed by atoms with Gasteiger partial charge in [0.05, 0.1) is 12.2 Å². The first-order chi connectivity index (χ1) is 6.79. The zero-order chi connectivity index (χ0) is 9.97. The summed E-state index contributed by atoms with van der Waals surface area (Å²) in [6.07, 6.45) is 2.68. The van der Waals surface area contributed by atoms with Crippen molar-refractivity contribution in [1.82, 2.24) is 4.57 Å². The topological polar surface area (TPSA) is 35.1 Å². The summed E-state index contributed by atoms with van der Waals surface area (Å²) in [4.78, 5) is 10.6. The van der Waals surface area contributed by atoms with Crippen LogP contribution in [0.3, 0.4) is 0 Å². The monoisotopic (exact) mass is 253 g/mol. The smallest absolute Gasteiger partial charge is 0.169 e. The Balaban J connectivity index is 2.22. The molecule has 0 bridgehead atoms. The van der Waals surface area contributed by atoms with Crippen molar-refractivity contribution in [3.05, 3.63) is 46.6 Å². The van der Waals surface area contributed by atoms with Crippen molar-refractivity contribution in [2.45, 2.75) is 6.54 Å². The molecule has 0 amide bonds. The minimum atomic E-state index is 0.576. The number of aromatic nitrogens is 1. The number of carbonyl (C=O) groups is 1. The number of hydrogen-bond donors (Lipinski definition) is 0. The first-order valence-electron chi connectivity index (χ1n) is 4.14. The molecule has 2 aromatic rings. The average Bonchev–Trinajstić information content (AvgIpc) is 2.76. The van der Waals surface area contributed by atoms with Crippen LogP contribution in [0.5, 0.6) is 0 Å². The molecule has 0 N–H and O–H groups in total. The second kappa shape index (κ2) is 3.84. The molecule has 14 heavy (non-hydrogen) atoms. The number of carbonyl (C=O) groups excluding carboxylic acids is 1. The summed E-state index contributed by atoms with van der Waals surface area (Å²) >= 11 is 3.23. The molecule has 0 aliphatic carbocycles. The normalized spacial score (nSPS) is 10.4. The maximum atomic E-state index is 10.6. The van der Waals surface area contributed by atoms with Crippen molar-refractivity contribution >= 4 is 22.2 Å². The lowest BCUT2D eigenvalue weighted by Gasteiger charge is -2.01. The highest BCUT2D eigenvalue weighted by atomic mass is 79.9. The molecule has 72 valence electrons. The van der Waals surface area contributed by atoms with Crippen molar-refractivity contribution in [2.24, 2.45) is 0 Å². The van der Waals surface area contributed by atoms with E-state index in [0.717, 1.165) is 12.0 Å². The van der Waals surface area contributed by atoms with Gasteiger partial charge in [0.25, 0.3) is 0 Å². The zero-order valence-electron chi connectivity index (χ0n) is 7.31. The van der Waals surface area contributed by atoms with E-state index in [1.54, 1.807) is 6.07 Å². The average molecular weight is 254 g/mol. The second-order valence-electron chi connectivity index (χ2n) is 2.88. The van der Waals surface area contributed by atoms with Crippen LogP contribution in [-0.4, -0.2) is 10.9 Å². The maximum Gasteiger partial charge on any atom is 0.169 e. The number of rotatable bonds is 3. The fourth-order valence-electron chi connectivity index (χ4n) is 1.28. The molecule has 0 aromatic carbocycles. The third kappa shape index (κ3) is 1.80. The molecule has 2 rings (SSSR count). The maximum absolute atomic E-state index is 10.6. The summed E-state index contributed by atoms with van der Waals surface area (Å²) < 4.78 is 7.87. The zero-order valence-corrected chi connectivity index (χ0v) is 8.90. The van der Waals surface area contributed by atoms with Crippen molar-refractivity contribution in [3.63, 3.8) is 0 Å².